The van der Waals surface area contributed by atoms with Gasteiger partial charge in [-0.15, -0.1) is 10.2 Å². The second-order valence-corrected chi connectivity index (χ2v) is 6.77. The van der Waals surface area contributed by atoms with Crippen molar-refractivity contribution in [1.82, 2.24) is 19.8 Å². The first-order chi connectivity index (χ1) is 9.68. The summed E-state index contributed by atoms with van der Waals surface area (Å²) in [6.45, 7) is 3.40. The van der Waals surface area contributed by atoms with Crippen LogP contribution in [0.2, 0.25) is 0 Å². The number of hydrogen-bond acceptors (Lipinski definition) is 6. The Morgan fingerprint density at radius 1 is 1.40 bits per heavy atom. The quantitative estimate of drug-likeness (QED) is 0.929. The van der Waals surface area contributed by atoms with Crippen molar-refractivity contribution in [2.24, 2.45) is 11.7 Å². The molecule has 2 heterocycles. The van der Waals surface area contributed by atoms with Gasteiger partial charge in [-0.25, -0.2) is 0 Å². The summed E-state index contributed by atoms with van der Waals surface area (Å²) in [5.41, 5.74) is 6.13. The van der Waals surface area contributed by atoms with E-state index in [4.69, 9.17) is 15.6 Å². The van der Waals surface area contributed by atoms with E-state index in [0.29, 0.717) is 13.2 Å². The van der Waals surface area contributed by atoms with Crippen LogP contribution < -0.4 is 5.73 Å². The van der Waals surface area contributed by atoms with Crippen LogP contribution in [0.1, 0.15) is 43.4 Å². The van der Waals surface area contributed by atoms with Gasteiger partial charge in [0.15, 0.2) is 5.82 Å². The topological polar surface area (TPSA) is 78.3 Å². The molecule has 0 radical (unpaired) electrons. The van der Waals surface area contributed by atoms with E-state index < -0.39 is 0 Å². The van der Waals surface area contributed by atoms with Crippen molar-refractivity contribution in [3.05, 3.63) is 10.8 Å². The summed E-state index contributed by atoms with van der Waals surface area (Å²) in [5, 5.41) is 14.1. The minimum atomic E-state index is 0.0300. The Morgan fingerprint density at radius 2 is 2.15 bits per heavy atom. The lowest BCUT2D eigenvalue weighted by molar-refractivity contribution is 0.175. The number of ether oxygens (including phenoxy) is 1. The van der Waals surface area contributed by atoms with Crippen LogP contribution in [-0.2, 0) is 16.8 Å². The SMILES string of the molecule is COCc1nnc2sc(C3(CN)CCC(C)CC3)nn12. The Morgan fingerprint density at radius 3 is 2.80 bits per heavy atom. The van der Waals surface area contributed by atoms with Crippen LogP contribution in [-0.4, -0.2) is 33.5 Å². The highest BCUT2D eigenvalue weighted by molar-refractivity contribution is 7.16. The van der Waals surface area contributed by atoms with Crippen LogP contribution in [0.4, 0.5) is 0 Å². The maximum Gasteiger partial charge on any atom is 0.234 e. The van der Waals surface area contributed by atoms with Crippen molar-refractivity contribution in [3.63, 3.8) is 0 Å². The van der Waals surface area contributed by atoms with Gasteiger partial charge < -0.3 is 10.5 Å². The van der Waals surface area contributed by atoms with Crippen molar-refractivity contribution >= 4 is 16.3 Å². The summed E-state index contributed by atoms with van der Waals surface area (Å²) < 4.78 is 6.94. The average Bonchev–Trinajstić information content (AvgIpc) is 3.03. The molecule has 6 nitrogen and oxygen atoms in total. The summed E-state index contributed by atoms with van der Waals surface area (Å²) >= 11 is 1.62. The molecule has 3 rings (SSSR count). The highest BCUT2D eigenvalue weighted by Gasteiger charge is 2.38. The molecule has 0 bridgehead atoms. The molecular formula is C13H21N5OS. The molecule has 0 aliphatic heterocycles. The summed E-state index contributed by atoms with van der Waals surface area (Å²) in [6.07, 6.45) is 4.69. The van der Waals surface area contributed by atoms with E-state index in [-0.39, 0.29) is 5.41 Å². The normalized spacial score (nSPS) is 27.2. The van der Waals surface area contributed by atoms with Gasteiger partial charge in [-0.3, -0.25) is 0 Å². The van der Waals surface area contributed by atoms with Crippen LogP contribution in [0.5, 0.6) is 0 Å². The third-order valence-corrected chi connectivity index (χ3v) is 5.55. The lowest BCUT2D eigenvalue weighted by Gasteiger charge is -2.36. The maximum absolute atomic E-state index is 6.10. The number of methoxy groups -OCH3 is 1. The van der Waals surface area contributed by atoms with E-state index >= 15 is 0 Å². The maximum atomic E-state index is 6.10. The first-order valence-corrected chi connectivity index (χ1v) is 7.91. The molecule has 110 valence electrons. The minimum Gasteiger partial charge on any atom is -0.377 e. The van der Waals surface area contributed by atoms with Crippen LogP contribution in [0, 0.1) is 5.92 Å². The fraction of sp³-hybridized carbons (Fsp3) is 0.769. The summed E-state index contributed by atoms with van der Waals surface area (Å²) in [7, 11) is 1.65. The molecule has 0 unspecified atom stereocenters. The number of hydrogen-bond donors (Lipinski definition) is 1. The zero-order valence-electron chi connectivity index (χ0n) is 12.0. The average molecular weight is 295 g/mol. The molecule has 1 aliphatic carbocycles. The highest BCUT2D eigenvalue weighted by atomic mass is 32.1. The van der Waals surface area contributed by atoms with E-state index in [0.717, 1.165) is 34.6 Å². The summed E-state index contributed by atoms with van der Waals surface area (Å²) in [4.78, 5) is 0.832. The zero-order valence-corrected chi connectivity index (χ0v) is 12.8. The fourth-order valence-corrected chi connectivity index (χ4v) is 4.02. The summed E-state index contributed by atoms with van der Waals surface area (Å²) in [5.74, 6) is 1.55. The molecule has 1 fully saturated rings. The number of fused-ring (bicyclic) bond motifs is 1. The third kappa shape index (κ3) is 2.23. The molecule has 1 saturated carbocycles. The lowest BCUT2D eigenvalue weighted by atomic mass is 9.71. The first-order valence-electron chi connectivity index (χ1n) is 7.09. The van der Waals surface area contributed by atoms with Gasteiger partial charge in [0.2, 0.25) is 4.96 Å². The number of nitrogens with two attached hydrogens (primary N) is 1. The van der Waals surface area contributed by atoms with Gasteiger partial charge in [0.05, 0.1) is 0 Å². The van der Waals surface area contributed by atoms with Crippen molar-refractivity contribution < 1.29 is 4.74 Å². The van der Waals surface area contributed by atoms with Gasteiger partial charge in [-0.1, -0.05) is 18.3 Å². The predicted molar refractivity (Wildman–Crippen MR) is 77.7 cm³/mol. The van der Waals surface area contributed by atoms with Crippen molar-refractivity contribution in [2.45, 2.75) is 44.6 Å². The Hall–Kier alpha value is -1.05. The standard InChI is InChI=1S/C13H21N5OS/c1-9-3-5-13(8-14,6-4-9)11-17-18-10(7-19-2)15-16-12(18)20-11/h9H,3-8,14H2,1-2H3. The van der Waals surface area contributed by atoms with E-state index in [2.05, 4.69) is 17.1 Å². The fourth-order valence-electron chi connectivity index (χ4n) is 2.91. The van der Waals surface area contributed by atoms with Crippen LogP contribution in [0.25, 0.3) is 4.96 Å². The van der Waals surface area contributed by atoms with Crippen LogP contribution in [0.15, 0.2) is 0 Å². The molecular weight excluding hydrogens is 274 g/mol. The van der Waals surface area contributed by atoms with E-state index in [9.17, 15) is 0 Å². The minimum absolute atomic E-state index is 0.0300. The van der Waals surface area contributed by atoms with E-state index in [1.807, 2.05) is 0 Å². The van der Waals surface area contributed by atoms with E-state index in [1.165, 1.54) is 12.8 Å². The number of aromatic nitrogens is 4. The van der Waals surface area contributed by atoms with E-state index in [1.54, 1.807) is 23.0 Å². The predicted octanol–water partition coefficient (Wildman–Crippen LogP) is 1.74. The monoisotopic (exact) mass is 295 g/mol. The second kappa shape index (κ2) is 5.38. The lowest BCUT2D eigenvalue weighted by Crippen LogP contribution is -2.38. The Balaban J connectivity index is 1.95. The molecule has 2 aromatic rings. The van der Waals surface area contributed by atoms with Crippen molar-refractivity contribution in [2.75, 3.05) is 13.7 Å². The molecule has 1 aliphatic rings. The van der Waals surface area contributed by atoms with Crippen LogP contribution >= 0.6 is 11.3 Å². The summed E-state index contributed by atoms with van der Waals surface area (Å²) in [6, 6.07) is 0. The molecule has 0 spiro atoms. The van der Waals surface area contributed by atoms with Gasteiger partial charge in [-0.05, 0) is 31.6 Å². The molecule has 20 heavy (non-hydrogen) atoms. The molecule has 2 N–H and O–H groups in total. The molecule has 0 aromatic carbocycles. The molecule has 0 amide bonds. The molecule has 7 heteroatoms. The Bertz CT molecular complexity index is 585. The Kier molecular flexibility index (Phi) is 3.74. The zero-order chi connectivity index (χ0) is 14.2. The third-order valence-electron chi connectivity index (χ3n) is 4.40. The van der Waals surface area contributed by atoms with Gasteiger partial charge in [0.25, 0.3) is 0 Å². The van der Waals surface area contributed by atoms with Gasteiger partial charge in [-0.2, -0.15) is 9.61 Å². The van der Waals surface area contributed by atoms with Gasteiger partial charge in [0, 0.05) is 19.1 Å². The van der Waals surface area contributed by atoms with Crippen molar-refractivity contribution in [3.8, 4) is 0 Å². The highest BCUT2D eigenvalue weighted by Crippen LogP contribution is 2.42. The van der Waals surface area contributed by atoms with Gasteiger partial charge in [0.1, 0.15) is 11.6 Å². The molecule has 0 atom stereocenters. The molecule has 2 aromatic heterocycles. The number of nitrogens with zero attached hydrogens (tertiary/aromatic N) is 4. The number of rotatable bonds is 4. The largest absolute Gasteiger partial charge is 0.377 e. The van der Waals surface area contributed by atoms with Gasteiger partial charge >= 0.3 is 0 Å². The molecule has 0 saturated heterocycles. The second-order valence-electron chi connectivity index (χ2n) is 5.82. The Labute approximate surface area is 122 Å². The smallest absolute Gasteiger partial charge is 0.234 e. The van der Waals surface area contributed by atoms with Crippen molar-refractivity contribution in [1.29, 1.82) is 0 Å². The van der Waals surface area contributed by atoms with Crippen LogP contribution in [0.3, 0.4) is 0 Å². The first kappa shape index (κ1) is 13.9.